The minimum atomic E-state index is 0.746. The molecule has 0 atom stereocenters. The Kier molecular flexibility index (Phi) is 2.64. The van der Waals surface area contributed by atoms with Crippen LogP contribution >= 0.6 is 0 Å². The molecule has 0 aromatic carbocycles. The number of hydrogen-bond donors (Lipinski definition) is 2. The first kappa shape index (κ1) is 10.5. The lowest BCUT2D eigenvalue weighted by atomic mass is 10.5. The molecule has 0 radical (unpaired) electrons. The monoisotopic (exact) mass is 232 g/mol. The zero-order valence-electron chi connectivity index (χ0n) is 9.85. The van der Waals surface area contributed by atoms with E-state index < -0.39 is 0 Å². The van der Waals surface area contributed by atoms with Crippen molar-refractivity contribution in [3.05, 3.63) is 18.2 Å². The van der Waals surface area contributed by atoms with E-state index in [9.17, 15) is 0 Å². The van der Waals surface area contributed by atoms with Crippen LogP contribution in [-0.2, 0) is 0 Å². The first-order valence-electron chi connectivity index (χ1n) is 5.98. The third-order valence-corrected chi connectivity index (χ3v) is 2.93. The highest BCUT2D eigenvalue weighted by Crippen LogP contribution is 2.18. The molecular formula is C11H16N6. The first-order valence-corrected chi connectivity index (χ1v) is 5.98. The van der Waals surface area contributed by atoms with E-state index in [2.05, 4.69) is 25.8 Å². The van der Waals surface area contributed by atoms with Crippen LogP contribution in [0.25, 0.3) is 5.65 Å². The van der Waals surface area contributed by atoms with Crippen LogP contribution in [0.2, 0.25) is 0 Å². The summed E-state index contributed by atoms with van der Waals surface area (Å²) in [5.41, 5.74) is 0.788. The lowest BCUT2D eigenvalue weighted by Gasteiger charge is -2.06. The van der Waals surface area contributed by atoms with Crippen molar-refractivity contribution < 1.29 is 0 Å². The maximum absolute atomic E-state index is 4.29. The van der Waals surface area contributed by atoms with Crippen LogP contribution in [-0.4, -0.2) is 38.7 Å². The molecule has 0 saturated heterocycles. The molecular weight excluding hydrogens is 216 g/mol. The third-order valence-electron chi connectivity index (χ3n) is 2.93. The molecule has 2 N–H and O–H groups in total. The Hall–Kier alpha value is -1.69. The van der Waals surface area contributed by atoms with Gasteiger partial charge in [0.25, 0.3) is 0 Å². The van der Waals surface area contributed by atoms with Crippen molar-refractivity contribution >= 4 is 11.5 Å². The largest absolute Gasteiger partial charge is 0.366 e. The molecule has 90 valence electrons. The van der Waals surface area contributed by atoms with Gasteiger partial charge < -0.3 is 10.6 Å². The van der Waals surface area contributed by atoms with E-state index >= 15 is 0 Å². The number of aryl methyl sites for hydroxylation is 1. The van der Waals surface area contributed by atoms with Gasteiger partial charge in [-0.05, 0) is 19.8 Å². The molecule has 3 rings (SSSR count). The molecule has 2 heterocycles. The van der Waals surface area contributed by atoms with Gasteiger partial charge in [0.1, 0.15) is 5.82 Å². The number of aromatic nitrogens is 4. The molecule has 0 spiro atoms. The van der Waals surface area contributed by atoms with Gasteiger partial charge in [-0.3, -0.25) is 4.40 Å². The molecule has 1 aliphatic rings. The summed E-state index contributed by atoms with van der Waals surface area (Å²) in [6, 6.07) is 0.746. The highest BCUT2D eigenvalue weighted by Gasteiger charge is 2.19. The molecule has 6 nitrogen and oxygen atoms in total. The second kappa shape index (κ2) is 4.29. The Bertz CT molecular complexity index is 516. The van der Waals surface area contributed by atoms with E-state index in [1.54, 1.807) is 6.20 Å². The summed E-state index contributed by atoms with van der Waals surface area (Å²) in [4.78, 5) is 4.29. The summed E-state index contributed by atoms with van der Waals surface area (Å²) in [6.45, 7) is 3.74. The number of nitrogens with zero attached hydrogens (tertiary/aromatic N) is 4. The van der Waals surface area contributed by atoms with E-state index in [-0.39, 0.29) is 0 Å². The molecule has 0 unspecified atom stereocenters. The van der Waals surface area contributed by atoms with Gasteiger partial charge in [-0.15, -0.1) is 10.2 Å². The molecule has 17 heavy (non-hydrogen) atoms. The number of rotatable bonds is 5. The summed E-state index contributed by atoms with van der Waals surface area (Å²) in [6.07, 6.45) is 6.27. The van der Waals surface area contributed by atoms with Gasteiger partial charge in [0, 0.05) is 31.5 Å². The Morgan fingerprint density at radius 1 is 1.35 bits per heavy atom. The summed E-state index contributed by atoms with van der Waals surface area (Å²) in [5, 5.41) is 14.9. The Balaban J connectivity index is 1.66. The van der Waals surface area contributed by atoms with Crippen molar-refractivity contribution in [3.63, 3.8) is 0 Å². The minimum Gasteiger partial charge on any atom is -0.366 e. The van der Waals surface area contributed by atoms with Crippen molar-refractivity contribution in [1.29, 1.82) is 0 Å². The fourth-order valence-electron chi connectivity index (χ4n) is 1.81. The summed E-state index contributed by atoms with van der Waals surface area (Å²) in [7, 11) is 0. The highest BCUT2D eigenvalue weighted by atomic mass is 15.3. The summed E-state index contributed by atoms with van der Waals surface area (Å²) < 4.78 is 1.93. The van der Waals surface area contributed by atoms with Crippen molar-refractivity contribution in [2.75, 3.05) is 18.4 Å². The Morgan fingerprint density at radius 3 is 3.06 bits per heavy atom. The van der Waals surface area contributed by atoms with E-state index in [1.165, 1.54) is 12.8 Å². The predicted octanol–water partition coefficient (Wildman–Crippen LogP) is 0.597. The molecule has 1 fully saturated rings. The second-order valence-electron chi connectivity index (χ2n) is 4.37. The standard InChI is InChI=1S/C11H16N6/c1-8-15-16-11-10(14-6-7-17(8)11)13-5-4-12-9-2-3-9/h6-7,9,12H,2-5H2,1H3,(H,13,14). The summed E-state index contributed by atoms with van der Waals surface area (Å²) in [5.74, 6) is 1.67. The average Bonchev–Trinajstić information content (AvgIpc) is 3.09. The van der Waals surface area contributed by atoms with Gasteiger partial charge in [-0.25, -0.2) is 4.98 Å². The Morgan fingerprint density at radius 2 is 2.24 bits per heavy atom. The predicted molar refractivity (Wildman–Crippen MR) is 65.0 cm³/mol. The molecule has 0 bridgehead atoms. The van der Waals surface area contributed by atoms with Crippen LogP contribution in [0.3, 0.4) is 0 Å². The Labute approximate surface area is 99.5 Å². The molecule has 1 aliphatic carbocycles. The molecule has 0 amide bonds. The van der Waals surface area contributed by atoms with Crippen molar-refractivity contribution in [2.24, 2.45) is 0 Å². The van der Waals surface area contributed by atoms with Gasteiger partial charge in [0.15, 0.2) is 5.82 Å². The van der Waals surface area contributed by atoms with Gasteiger partial charge in [-0.1, -0.05) is 0 Å². The number of nitrogens with one attached hydrogen (secondary N) is 2. The fraction of sp³-hybridized carbons (Fsp3) is 0.545. The highest BCUT2D eigenvalue weighted by molar-refractivity contribution is 5.61. The lowest BCUT2D eigenvalue weighted by molar-refractivity contribution is 0.700. The maximum atomic E-state index is 4.29. The lowest BCUT2D eigenvalue weighted by Crippen LogP contribution is -2.24. The van der Waals surface area contributed by atoms with Crippen LogP contribution in [0, 0.1) is 6.92 Å². The number of fused-ring (bicyclic) bond motifs is 1. The molecule has 6 heteroatoms. The van der Waals surface area contributed by atoms with Crippen LogP contribution < -0.4 is 10.6 Å². The molecule has 2 aromatic rings. The topological polar surface area (TPSA) is 67.1 Å². The molecule has 2 aromatic heterocycles. The van der Waals surface area contributed by atoms with Crippen molar-refractivity contribution in [1.82, 2.24) is 24.9 Å². The van der Waals surface area contributed by atoms with Gasteiger partial charge in [-0.2, -0.15) is 0 Å². The minimum absolute atomic E-state index is 0.746. The molecule has 0 aliphatic heterocycles. The third kappa shape index (κ3) is 2.21. The van der Waals surface area contributed by atoms with Gasteiger partial charge in [0.2, 0.25) is 5.65 Å². The van der Waals surface area contributed by atoms with E-state index in [4.69, 9.17) is 0 Å². The van der Waals surface area contributed by atoms with Crippen molar-refractivity contribution in [2.45, 2.75) is 25.8 Å². The van der Waals surface area contributed by atoms with Gasteiger partial charge >= 0.3 is 0 Å². The van der Waals surface area contributed by atoms with Crippen molar-refractivity contribution in [3.8, 4) is 0 Å². The maximum Gasteiger partial charge on any atom is 0.203 e. The average molecular weight is 232 g/mol. The second-order valence-corrected chi connectivity index (χ2v) is 4.37. The SMILES string of the molecule is Cc1nnc2c(NCCNC3CC3)nccn12. The van der Waals surface area contributed by atoms with E-state index in [0.29, 0.717) is 0 Å². The fourth-order valence-corrected chi connectivity index (χ4v) is 1.81. The molecule has 1 saturated carbocycles. The van der Waals surface area contributed by atoms with Crippen LogP contribution in [0.15, 0.2) is 12.4 Å². The van der Waals surface area contributed by atoms with E-state index in [0.717, 1.165) is 36.4 Å². The normalized spacial score (nSPS) is 15.4. The van der Waals surface area contributed by atoms with E-state index in [1.807, 2.05) is 17.5 Å². The summed E-state index contributed by atoms with van der Waals surface area (Å²) >= 11 is 0. The smallest absolute Gasteiger partial charge is 0.203 e. The number of hydrogen-bond acceptors (Lipinski definition) is 5. The zero-order chi connectivity index (χ0) is 11.7. The number of anilines is 1. The van der Waals surface area contributed by atoms with Crippen LogP contribution in [0.5, 0.6) is 0 Å². The quantitative estimate of drug-likeness (QED) is 0.739. The first-order chi connectivity index (χ1) is 8.34. The van der Waals surface area contributed by atoms with Crippen LogP contribution in [0.1, 0.15) is 18.7 Å². The van der Waals surface area contributed by atoms with Gasteiger partial charge in [0.05, 0.1) is 0 Å². The zero-order valence-corrected chi connectivity index (χ0v) is 9.85. The van der Waals surface area contributed by atoms with Crippen LogP contribution in [0.4, 0.5) is 5.82 Å².